The predicted molar refractivity (Wildman–Crippen MR) is 99.0 cm³/mol. The molecule has 0 atom stereocenters. The highest BCUT2D eigenvalue weighted by molar-refractivity contribution is 8.93. The number of unbranched alkanes of at least 4 members (excludes halogenated alkanes) is 11. The van der Waals surface area contributed by atoms with Crippen molar-refractivity contribution in [2.24, 2.45) is 5.73 Å². The zero-order valence-corrected chi connectivity index (χ0v) is 15.7. The average Bonchev–Trinajstić information content (AvgIpc) is 2.43. The lowest BCUT2D eigenvalue weighted by Gasteiger charge is -1.99. The van der Waals surface area contributed by atoms with Gasteiger partial charge in [0.25, 0.3) is 0 Å². The molecule has 0 rings (SSSR count). The highest BCUT2D eigenvalue weighted by atomic mass is 79.9. The molecule has 0 heterocycles. The lowest BCUT2D eigenvalue weighted by Crippen LogP contribution is -2.09. The summed E-state index contributed by atoms with van der Waals surface area (Å²) >= 11 is 0. The van der Waals surface area contributed by atoms with Crippen LogP contribution in [0.1, 0.15) is 96.8 Å². The Morgan fingerprint density at radius 3 is 1.67 bits per heavy atom. The van der Waals surface area contributed by atoms with E-state index in [0.29, 0.717) is 6.42 Å². The average molecular weight is 362 g/mol. The molecule has 0 bridgehead atoms. The maximum atomic E-state index is 10.5. The summed E-state index contributed by atoms with van der Waals surface area (Å²) in [5, 5.41) is 0. The summed E-state index contributed by atoms with van der Waals surface area (Å²) in [7, 11) is 0. The van der Waals surface area contributed by atoms with Crippen LogP contribution < -0.4 is 5.73 Å². The molecule has 0 aliphatic carbocycles. The molecule has 0 unspecified atom stereocenters. The van der Waals surface area contributed by atoms with Crippen LogP contribution in [0, 0.1) is 0 Å². The number of halogens is 1. The first kappa shape index (κ1) is 23.0. The largest absolute Gasteiger partial charge is 0.370 e. The topological polar surface area (TPSA) is 43.1 Å². The van der Waals surface area contributed by atoms with Gasteiger partial charge >= 0.3 is 0 Å². The minimum absolute atomic E-state index is 0. The smallest absolute Gasteiger partial charge is 0.217 e. The summed E-state index contributed by atoms with van der Waals surface area (Å²) in [5.41, 5.74) is 5.10. The zero-order chi connectivity index (χ0) is 14.9. The Bertz CT molecular complexity index is 241. The number of carbonyl (C=O) groups excluding carboxylic acids is 1. The summed E-state index contributed by atoms with van der Waals surface area (Å²) < 4.78 is 0. The van der Waals surface area contributed by atoms with Gasteiger partial charge in [0.2, 0.25) is 5.91 Å². The van der Waals surface area contributed by atoms with E-state index in [4.69, 9.17) is 5.73 Å². The first-order valence-corrected chi connectivity index (χ1v) is 8.70. The second-order valence-electron chi connectivity index (χ2n) is 5.80. The van der Waals surface area contributed by atoms with Gasteiger partial charge in [-0.1, -0.05) is 70.4 Å². The summed E-state index contributed by atoms with van der Waals surface area (Å²) in [6, 6.07) is 0. The van der Waals surface area contributed by atoms with E-state index in [1.807, 2.05) is 0 Å². The Balaban J connectivity index is 0. The fourth-order valence-electron chi connectivity index (χ4n) is 2.37. The standard InChI is InChI=1S/C18H35NO.BrH/c1-2-3-4-5-6-7-8-9-10-11-12-13-14-15-16-17-18(19)20;/h9-10H,2-8,11-17H2,1H3,(H2,19,20);1H/b10-9-;. The summed E-state index contributed by atoms with van der Waals surface area (Å²) in [6.07, 6.45) is 21.9. The van der Waals surface area contributed by atoms with Crippen LogP contribution >= 0.6 is 17.0 Å². The number of primary amides is 1. The van der Waals surface area contributed by atoms with Crippen LogP contribution in [-0.4, -0.2) is 5.91 Å². The van der Waals surface area contributed by atoms with Crippen molar-refractivity contribution >= 4 is 22.9 Å². The molecule has 0 aromatic carbocycles. The van der Waals surface area contributed by atoms with Gasteiger partial charge in [0.1, 0.15) is 0 Å². The molecule has 21 heavy (non-hydrogen) atoms. The lowest BCUT2D eigenvalue weighted by atomic mass is 10.1. The van der Waals surface area contributed by atoms with Gasteiger partial charge in [-0.3, -0.25) is 4.79 Å². The van der Waals surface area contributed by atoms with Crippen molar-refractivity contribution in [2.75, 3.05) is 0 Å². The Morgan fingerprint density at radius 2 is 1.19 bits per heavy atom. The molecule has 0 aliphatic heterocycles. The molecule has 0 radical (unpaired) electrons. The van der Waals surface area contributed by atoms with Gasteiger partial charge < -0.3 is 5.73 Å². The quantitative estimate of drug-likeness (QED) is 0.278. The van der Waals surface area contributed by atoms with E-state index in [2.05, 4.69) is 19.1 Å². The van der Waals surface area contributed by atoms with Gasteiger partial charge in [0.15, 0.2) is 0 Å². The van der Waals surface area contributed by atoms with E-state index < -0.39 is 0 Å². The first-order chi connectivity index (χ1) is 9.77. The molecule has 0 aromatic heterocycles. The number of hydrogen-bond acceptors (Lipinski definition) is 1. The van der Waals surface area contributed by atoms with Gasteiger partial charge in [-0.2, -0.15) is 0 Å². The molecule has 126 valence electrons. The molecule has 2 nitrogen and oxygen atoms in total. The molecule has 0 saturated carbocycles. The lowest BCUT2D eigenvalue weighted by molar-refractivity contribution is -0.118. The van der Waals surface area contributed by atoms with Crippen LogP contribution in [0.2, 0.25) is 0 Å². The molecule has 0 saturated heterocycles. The minimum atomic E-state index is -0.164. The van der Waals surface area contributed by atoms with Gasteiger partial charge in [-0.15, -0.1) is 17.0 Å². The van der Waals surface area contributed by atoms with E-state index in [9.17, 15) is 4.79 Å². The maximum absolute atomic E-state index is 10.5. The number of rotatable bonds is 15. The second kappa shape index (κ2) is 19.7. The van der Waals surface area contributed by atoms with E-state index in [1.54, 1.807) is 0 Å². The van der Waals surface area contributed by atoms with Crippen molar-refractivity contribution in [3.63, 3.8) is 0 Å². The van der Waals surface area contributed by atoms with Crippen molar-refractivity contribution < 1.29 is 4.79 Å². The Hall–Kier alpha value is -0.310. The Morgan fingerprint density at radius 1 is 0.762 bits per heavy atom. The summed E-state index contributed by atoms with van der Waals surface area (Å²) in [4.78, 5) is 10.5. The van der Waals surface area contributed by atoms with E-state index in [1.165, 1.54) is 70.6 Å². The third kappa shape index (κ3) is 22.1. The van der Waals surface area contributed by atoms with Gasteiger partial charge in [-0.25, -0.2) is 0 Å². The van der Waals surface area contributed by atoms with Crippen LogP contribution in [0.3, 0.4) is 0 Å². The van der Waals surface area contributed by atoms with Crippen LogP contribution in [0.15, 0.2) is 12.2 Å². The van der Waals surface area contributed by atoms with Crippen molar-refractivity contribution in [1.82, 2.24) is 0 Å². The number of amides is 1. The highest BCUT2D eigenvalue weighted by Gasteiger charge is 1.94. The number of nitrogens with two attached hydrogens (primary N) is 1. The van der Waals surface area contributed by atoms with E-state index >= 15 is 0 Å². The molecule has 2 N–H and O–H groups in total. The number of hydrogen-bond donors (Lipinski definition) is 1. The molecular formula is C18H36BrNO. The van der Waals surface area contributed by atoms with E-state index in [0.717, 1.165) is 12.8 Å². The van der Waals surface area contributed by atoms with Crippen molar-refractivity contribution in [1.29, 1.82) is 0 Å². The molecule has 3 heteroatoms. The summed E-state index contributed by atoms with van der Waals surface area (Å²) in [5.74, 6) is -0.164. The van der Waals surface area contributed by atoms with Gasteiger partial charge in [0.05, 0.1) is 0 Å². The second-order valence-corrected chi connectivity index (χ2v) is 5.80. The van der Waals surface area contributed by atoms with Gasteiger partial charge in [-0.05, 0) is 32.1 Å². The van der Waals surface area contributed by atoms with Crippen LogP contribution in [-0.2, 0) is 4.79 Å². The van der Waals surface area contributed by atoms with Gasteiger partial charge in [0, 0.05) is 6.42 Å². The molecule has 0 fully saturated rings. The van der Waals surface area contributed by atoms with Crippen molar-refractivity contribution in [3.8, 4) is 0 Å². The normalized spacial score (nSPS) is 10.7. The number of allylic oxidation sites excluding steroid dienone is 2. The fraction of sp³-hybridized carbons (Fsp3) is 0.833. The number of carbonyl (C=O) groups is 1. The third-order valence-corrected chi connectivity index (χ3v) is 3.68. The Kier molecular flexibility index (Phi) is 21.5. The molecule has 0 aliphatic rings. The minimum Gasteiger partial charge on any atom is -0.370 e. The van der Waals surface area contributed by atoms with Crippen LogP contribution in [0.25, 0.3) is 0 Å². The molecule has 0 aromatic rings. The van der Waals surface area contributed by atoms with Crippen molar-refractivity contribution in [2.45, 2.75) is 96.8 Å². The molecule has 0 spiro atoms. The van der Waals surface area contributed by atoms with Crippen molar-refractivity contribution in [3.05, 3.63) is 12.2 Å². The summed E-state index contributed by atoms with van der Waals surface area (Å²) in [6.45, 7) is 2.26. The van der Waals surface area contributed by atoms with E-state index in [-0.39, 0.29) is 22.9 Å². The predicted octanol–water partition coefficient (Wildman–Crippen LogP) is 6.09. The molecule has 1 amide bonds. The highest BCUT2D eigenvalue weighted by Crippen LogP contribution is 2.09. The Labute approximate surface area is 142 Å². The monoisotopic (exact) mass is 361 g/mol. The molecular weight excluding hydrogens is 326 g/mol. The van der Waals surface area contributed by atoms with Crippen LogP contribution in [0.4, 0.5) is 0 Å². The first-order valence-electron chi connectivity index (χ1n) is 8.70. The third-order valence-electron chi connectivity index (χ3n) is 3.68. The zero-order valence-electron chi connectivity index (χ0n) is 13.9. The fourth-order valence-corrected chi connectivity index (χ4v) is 2.37. The SMILES string of the molecule is Br.CCCCCCCC/C=C\CCCCCCCC(N)=O. The van der Waals surface area contributed by atoms with Crippen LogP contribution in [0.5, 0.6) is 0 Å². The maximum Gasteiger partial charge on any atom is 0.217 e.